The molecule has 0 amide bonds. The molecule has 0 aromatic rings. The lowest BCUT2D eigenvalue weighted by molar-refractivity contribution is -0.167. The minimum absolute atomic E-state index is 0.0913. The standard InChI is InChI=1S/C75H128O6/c1-4-7-10-13-16-19-22-25-28-30-32-34-35-36-37-38-39-41-42-44-47-50-53-56-59-62-65-68-74(77)80-71-72(70-79-73(76)67-64-61-58-55-52-49-46-27-24-21-18-15-12-9-6-3)81-75(78)69-66-63-60-57-54-51-48-45-43-40-33-31-29-26-23-20-17-14-11-8-5-2/h7,9-10,12,16,18-19,21,25,27-28,31-34,46,52,55,72H,4-6,8,11,13-15,17,20,22-24,26,29-30,35-45,47-51,53-54,56-71H2,1-3H3/b10-7-,12-9-,19-16-,21-18-,28-25-,33-31-,34-32-,46-27-,55-52-. The molecule has 0 N–H and O–H groups in total. The molecule has 0 heterocycles. The molecule has 0 aromatic carbocycles. The Kier molecular flexibility index (Phi) is 65.2. The average molecular weight is 1130 g/mol. The van der Waals surface area contributed by atoms with Crippen LogP contribution in [0.4, 0.5) is 0 Å². The van der Waals surface area contributed by atoms with E-state index in [9.17, 15) is 14.4 Å². The molecule has 0 radical (unpaired) electrons. The van der Waals surface area contributed by atoms with Gasteiger partial charge >= 0.3 is 17.9 Å². The number of hydrogen-bond acceptors (Lipinski definition) is 6. The van der Waals surface area contributed by atoms with Gasteiger partial charge in [0.25, 0.3) is 0 Å². The summed E-state index contributed by atoms with van der Waals surface area (Å²) in [5.74, 6) is -0.925. The molecule has 0 aliphatic rings. The Morgan fingerprint density at radius 2 is 0.481 bits per heavy atom. The molecule has 0 aromatic heterocycles. The van der Waals surface area contributed by atoms with Gasteiger partial charge in [0, 0.05) is 19.3 Å². The molecule has 0 saturated heterocycles. The number of unbranched alkanes of at least 4 members (excludes halogenated alkanes) is 33. The van der Waals surface area contributed by atoms with Crippen LogP contribution in [0, 0.1) is 0 Å². The number of esters is 3. The van der Waals surface area contributed by atoms with Crippen LogP contribution in [-0.2, 0) is 28.6 Å². The van der Waals surface area contributed by atoms with E-state index in [1.54, 1.807) is 0 Å². The van der Waals surface area contributed by atoms with Crippen molar-refractivity contribution in [3.05, 3.63) is 109 Å². The van der Waals surface area contributed by atoms with Crippen molar-refractivity contribution in [1.29, 1.82) is 0 Å². The van der Waals surface area contributed by atoms with E-state index in [0.717, 1.165) is 109 Å². The van der Waals surface area contributed by atoms with Crippen molar-refractivity contribution in [1.82, 2.24) is 0 Å². The fraction of sp³-hybridized carbons (Fsp3) is 0.720. The molecule has 6 nitrogen and oxygen atoms in total. The van der Waals surface area contributed by atoms with Crippen LogP contribution in [0.15, 0.2) is 109 Å². The second-order valence-corrected chi connectivity index (χ2v) is 22.7. The molecule has 0 aliphatic carbocycles. The predicted octanol–water partition coefficient (Wildman–Crippen LogP) is 23.8. The first kappa shape index (κ1) is 77.1. The van der Waals surface area contributed by atoms with Crippen LogP contribution in [0.1, 0.15) is 329 Å². The van der Waals surface area contributed by atoms with Crippen molar-refractivity contribution >= 4 is 17.9 Å². The summed E-state index contributed by atoms with van der Waals surface area (Å²) >= 11 is 0. The predicted molar refractivity (Wildman–Crippen MR) is 353 cm³/mol. The van der Waals surface area contributed by atoms with E-state index >= 15 is 0 Å². The summed E-state index contributed by atoms with van der Waals surface area (Å²) in [5.41, 5.74) is 0. The lowest BCUT2D eigenvalue weighted by Crippen LogP contribution is -2.30. The van der Waals surface area contributed by atoms with Crippen LogP contribution in [0.25, 0.3) is 0 Å². The molecule has 0 saturated carbocycles. The van der Waals surface area contributed by atoms with E-state index in [4.69, 9.17) is 14.2 Å². The van der Waals surface area contributed by atoms with Crippen LogP contribution in [-0.4, -0.2) is 37.2 Å². The van der Waals surface area contributed by atoms with Crippen LogP contribution < -0.4 is 0 Å². The molecule has 0 aliphatic heterocycles. The summed E-state index contributed by atoms with van der Waals surface area (Å²) in [4.78, 5) is 38.4. The Morgan fingerprint density at radius 3 is 0.790 bits per heavy atom. The Labute approximate surface area is 501 Å². The highest BCUT2D eigenvalue weighted by Gasteiger charge is 2.19. The third-order valence-electron chi connectivity index (χ3n) is 14.7. The van der Waals surface area contributed by atoms with Crippen molar-refractivity contribution in [2.24, 2.45) is 0 Å². The van der Waals surface area contributed by atoms with Crippen molar-refractivity contribution in [2.45, 2.75) is 335 Å². The number of carbonyl (C=O) groups is 3. The Hall–Kier alpha value is -3.93. The quantitative estimate of drug-likeness (QED) is 0.0261. The minimum atomic E-state index is -0.799. The number of allylic oxidation sites excluding steroid dienone is 18. The first-order chi connectivity index (χ1) is 40.0. The normalized spacial score (nSPS) is 12.8. The van der Waals surface area contributed by atoms with Gasteiger partial charge in [-0.1, -0.05) is 297 Å². The molecule has 81 heavy (non-hydrogen) atoms. The number of hydrogen-bond donors (Lipinski definition) is 0. The van der Waals surface area contributed by atoms with Gasteiger partial charge in [-0.2, -0.15) is 0 Å². The van der Waals surface area contributed by atoms with E-state index in [0.29, 0.717) is 19.3 Å². The Bertz CT molecular complexity index is 1620. The molecule has 1 atom stereocenters. The van der Waals surface area contributed by atoms with Gasteiger partial charge in [0.1, 0.15) is 13.2 Å². The molecule has 0 rings (SSSR count). The van der Waals surface area contributed by atoms with Gasteiger partial charge in [0.2, 0.25) is 0 Å². The lowest BCUT2D eigenvalue weighted by Gasteiger charge is -2.18. The van der Waals surface area contributed by atoms with Crippen molar-refractivity contribution < 1.29 is 28.6 Å². The first-order valence-electron chi connectivity index (χ1n) is 34.4. The van der Waals surface area contributed by atoms with Gasteiger partial charge in [-0.3, -0.25) is 14.4 Å². The summed E-state index contributed by atoms with van der Waals surface area (Å²) < 4.78 is 16.9. The fourth-order valence-corrected chi connectivity index (χ4v) is 9.66. The van der Waals surface area contributed by atoms with Gasteiger partial charge in [0.05, 0.1) is 0 Å². The van der Waals surface area contributed by atoms with Crippen molar-refractivity contribution in [2.75, 3.05) is 13.2 Å². The second kappa shape index (κ2) is 68.6. The summed E-state index contributed by atoms with van der Waals surface area (Å²) in [7, 11) is 0. The molecule has 6 heteroatoms. The molecule has 464 valence electrons. The molecular weight excluding hydrogens is 997 g/mol. The maximum Gasteiger partial charge on any atom is 0.306 e. The fourth-order valence-electron chi connectivity index (χ4n) is 9.66. The molecule has 1 unspecified atom stereocenters. The highest BCUT2D eigenvalue weighted by molar-refractivity contribution is 5.71. The van der Waals surface area contributed by atoms with Gasteiger partial charge < -0.3 is 14.2 Å². The van der Waals surface area contributed by atoms with Crippen LogP contribution in [0.2, 0.25) is 0 Å². The molecule has 0 fully saturated rings. The number of ether oxygens (including phenoxy) is 3. The number of carbonyl (C=O) groups excluding carboxylic acids is 3. The van der Waals surface area contributed by atoms with Crippen molar-refractivity contribution in [3.63, 3.8) is 0 Å². The van der Waals surface area contributed by atoms with Gasteiger partial charge in [-0.25, -0.2) is 0 Å². The highest BCUT2D eigenvalue weighted by atomic mass is 16.6. The first-order valence-corrected chi connectivity index (χ1v) is 34.4. The number of rotatable bonds is 62. The molecule has 0 bridgehead atoms. The molecule has 0 spiro atoms. The summed E-state index contributed by atoms with van der Waals surface area (Å²) in [6.07, 6.45) is 94.0. The third-order valence-corrected chi connectivity index (χ3v) is 14.7. The monoisotopic (exact) mass is 1120 g/mol. The maximum atomic E-state index is 12.9. The van der Waals surface area contributed by atoms with Gasteiger partial charge in [0.15, 0.2) is 6.10 Å². The zero-order chi connectivity index (χ0) is 58.5. The average Bonchev–Trinajstić information content (AvgIpc) is 3.47. The van der Waals surface area contributed by atoms with Gasteiger partial charge in [-0.05, 0) is 122 Å². The summed E-state index contributed by atoms with van der Waals surface area (Å²) in [6.45, 7) is 6.41. The maximum absolute atomic E-state index is 12.9. The van der Waals surface area contributed by atoms with E-state index in [1.165, 1.54) is 180 Å². The second-order valence-electron chi connectivity index (χ2n) is 22.7. The summed E-state index contributed by atoms with van der Waals surface area (Å²) in [5, 5.41) is 0. The zero-order valence-electron chi connectivity index (χ0n) is 53.3. The lowest BCUT2D eigenvalue weighted by atomic mass is 10.0. The van der Waals surface area contributed by atoms with Crippen molar-refractivity contribution in [3.8, 4) is 0 Å². The smallest absolute Gasteiger partial charge is 0.306 e. The van der Waals surface area contributed by atoms with E-state index in [1.807, 2.05) is 0 Å². The van der Waals surface area contributed by atoms with Crippen LogP contribution in [0.3, 0.4) is 0 Å². The SMILES string of the molecule is CC/C=C\C/C=C\C/C=C\C/C=C\CCCCCCCCCCCCCCCCC(=O)OCC(COC(=O)CCCC/C=C\C/C=C\C/C=C\C/C=C\CC)OC(=O)CCCCCCCCCCC/C=C\CCCCCCCCCC. The third kappa shape index (κ3) is 66.8. The van der Waals surface area contributed by atoms with Gasteiger partial charge in [-0.15, -0.1) is 0 Å². The minimum Gasteiger partial charge on any atom is -0.462 e. The van der Waals surface area contributed by atoms with Crippen LogP contribution >= 0.6 is 0 Å². The Balaban J connectivity index is 4.34. The topological polar surface area (TPSA) is 78.9 Å². The highest BCUT2D eigenvalue weighted by Crippen LogP contribution is 2.17. The van der Waals surface area contributed by atoms with Crippen LogP contribution in [0.5, 0.6) is 0 Å². The zero-order valence-corrected chi connectivity index (χ0v) is 53.3. The van der Waals surface area contributed by atoms with E-state index < -0.39 is 6.10 Å². The Morgan fingerprint density at radius 1 is 0.259 bits per heavy atom. The van der Waals surface area contributed by atoms with E-state index in [-0.39, 0.29) is 31.1 Å². The summed E-state index contributed by atoms with van der Waals surface area (Å²) in [6, 6.07) is 0. The largest absolute Gasteiger partial charge is 0.462 e. The van der Waals surface area contributed by atoms with E-state index in [2.05, 4.69) is 130 Å². The molecular formula is C75H128O6.